The Morgan fingerprint density at radius 3 is 2.79 bits per heavy atom. The van der Waals surface area contributed by atoms with Crippen molar-refractivity contribution in [2.24, 2.45) is 7.05 Å². The molecule has 0 radical (unpaired) electrons. The molecule has 12 heteroatoms. The van der Waals surface area contributed by atoms with Gasteiger partial charge in [-0.1, -0.05) is 16.8 Å². The standard InChI is InChI=1S/C22H23ClFN5O5/c1-29-11-25-19-17(29)18(34-28-19)20(32)27-21-4-6-22(7-5-21,15(30)9-21)26-16(31)10-33-12-2-3-13(23)14(24)8-12/h2-3,8,11,15,30H,4-7,9-10H2,1H3,(H,26,31)(H,27,32). The Kier molecular flexibility index (Phi) is 5.48. The van der Waals surface area contributed by atoms with Gasteiger partial charge in [-0.15, -0.1) is 0 Å². The number of nitrogens with zero attached hydrogens (tertiary/aromatic N) is 3. The zero-order chi connectivity index (χ0) is 24.1. The van der Waals surface area contributed by atoms with Crippen LogP contribution in [0, 0.1) is 5.82 Å². The van der Waals surface area contributed by atoms with Crippen molar-refractivity contribution in [1.29, 1.82) is 0 Å². The third kappa shape index (κ3) is 3.88. The van der Waals surface area contributed by atoms with Gasteiger partial charge in [-0.25, -0.2) is 9.37 Å². The molecule has 1 aromatic carbocycles. The van der Waals surface area contributed by atoms with E-state index in [9.17, 15) is 19.1 Å². The molecule has 3 aliphatic carbocycles. The number of hydrogen-bond donors (Lipinski definition) is 3. The van der Waals surface area contributed by atoms with E-state index in [0.29, 0.717) is 36.8 Å². The number of nitrogens with one attached hydrogen (secondary N) is 2. The van der Waals surface area contributed by atoms with Crippen molar-refractivity contribution in [2.75, 3.05) is 6.61 Å². The molecule has 2 bridgehead atoms. The molecule has 1 atom stereocenters. The number of aliphatic hydroxyl groups is 1. The van der Waals surface area contributed by atoms with Crippen molar-refractivity contribution in [1.82, 2.24) is 25.3 Å². The summed E-state index contributed by atoms with van der Waals surface area (Å²) in [5.41, 5.74) is -0.566. The van der Waals surface area contributed by atoms with E-state index in [1.807, 2.05) is 0 Å². The summed E-state index contributed by atoms with van der Waals surface area (Å²) >= 11 is 5.65. The highest BCUT2D eigenvalue weighted by molar-refractivity contribution is 6.30. The number of halogens is 2. The lowest BCUT2D eigenvalue weighted by Crippen LogP contribution is -2.70. The van der Waals surface area contributed by atoms with Crippen molar-refractivity contribution >= 4 is 34.6 Å². The number of aliphatic hydroxyl groups excluding tert-OH is 1. The molecule has 3 N–H and O–H groups in total. The van der Waals surface area contributed by atoms with Crippen LogP contribution in [-0.2, 0) is 11.8 Å². The fraction of sp³-hybridized carbons (Fsp3) is 0.455. The molecular formula is C22H23ClFN5O5. The summed E-state index contributed by atoms with van der Waals surface area (Å²) in [6.07, 6.45) is 3.08. The van der Waals surface area contributed by atoms with Crippen LogP contribution >= 0.6 is 11.6 Å². The molecule has 3 fully saturated rings. The third-order valence-electron chi connectivity index (χ3n) is 6.91. The minimum absolute atomic E-state index is 0.0353. The Morgan fingerprint density at radius 2 is 2.09 bits per heavy atom. The third-order valence-corrected chi connectivity index (χ3v) is 7.22. The molecule has 0 saturated heterocycles. The highest BCUT2D eigenvalue weighted by Crippen LogP contribution is 2.47. The smallest absolute Gasteiger partial charge is 0.292 e. The van der Waals surface area contributed by atoms with Gasteiger partial charge in [-0.2, -0.15) is 0 Å². The normalized spacial score (nSPS) is 25.9. The quantitative estimate of drug-likeness (QED) is 0.481. The van der Waals surface area contributed by atoms with Crippen molar-refractivity contribution in [2.45, 2.75) is 49.3 Å². The lowest BCUT2D eigenvalue weighted by atomic mass is 9.60. The molecule has 2 heterocycles. The van der Waals surface area contributed by atoms with Gasteiger partial charge in [-0.05, 0) is 44.2 Å². The second-order valence-electron chi connectivity index (χ2n) is 9.06. The second kappa shape index (κ2) is 8.24. The minimum atomic E-state index is -0.862. The topological polar surface area (TPSA) is 132 Å². The Balaban J connectivity index is 1.21. The van der Waals surface area contributed by atoms with E-state index in [1.54, 1.807) is 17.9 Å². The van der Waals surface area contributed by atoms with E-state index in [0.717, 1.165) is 6.07 Å². The molecule has 3 aliphatic rings. The number of aryl methyl sites for hydroxylation is 1. The van der Waals surface area contributed by atoms with Gasteiger partial charge in [0.2, 0.25) is 11.4 Å². The first-order chi connectivity index (χ1) is 16.2. The Morgan fingerprint density at radius 1 is 1.32 bits per heavy atom. The number of amides is 2. The maximum atomic E-state index is 13.6. The predicted octanol–water partition coefficient (Wildman–Crippen LogP) is 2.09. The molecule has 0 spiro atoms. The molecule has 2 aromatic heterocycles. The van der Waals surface area contributed by atoms with Crippen LogP contribution in [-0.4, -0.2) is 55.4 Å². The molecule has 180 valence electrons. The average molecular weight is 492 g/mol. The maximum Gasteiger partial charge on any atom is 0.292 e. The van der Waals surface area contributed by atoms with Crippen molar-refractivity contribution in [3.05, 3.63) is 41.1 Å². The number of imidazole rings is 1. The molecule has 2 amide bonds. The Labute approximate surface area is 198 Å². The zero-order valence-electron chi connectivity index (χ0n) is 18.3. The number of hydrogen-bond acceptors (Lipinski definition) is 7. The van der Waals surface area contributed by atoms with E-state index >= 15 is 0 Å². The van der Waals surface area contributed by atoms with Gasteiger partial charge in [0.05, 0.1) is 23.0 Å². The first-order valence-electron chi connectivity index (χ1n) is 10.9. The van der Waals surface area contributed by atoms with Crippen LogP contribution in [0.3, 0.4) is 0 Å². The van der Waals surface area contributed by atoms with Gasteiger partial charge in [0.1, 0.15) is 17.1 Å². The lowest BCUT2D eigenvalue weighted by molar-refractivity contribution is -0.132. The molecule has 0 aliphatic heterocycles. The van der Waals surface area contributed by atoms with Gasteiger partial charge < -0.3 is 29.6 Å². The fourth-order valence-electron chi connectivity index (χ4n) is 5.02. The molecule has 34 heavy (non-hydrogen) atoms. The minimum Gasteiger partial charge on any atom is -0.484 e. The maximum absolute atomic E-state index is 13.6. The summed E-state index contributed by atoms with van der Waals surface area (Å²) < 4.78 is 25.8. The van der Waals surface area contributed by atoms with E-state index in [4.69, 9.17) is 20.9 Å². The van der Waals surface area contributed by atoms with E-state index in [1.165, 1.54) is 12.1 Å². The Hall–Kier alpha value is -3.18. The van der Waals surface area contributed by atoms with Crippen molar-refractivity contribution < 1.29 is 28.3 Å². The summed E-state index contributed by atoms with van der Waals surface area (Å²) in [5.74, 6) is -1.22. The lowest BCUT2D eigenvalue weighted by Gasteiger charge is -2.56. The highest BCUT2D eigenvalue weighted by atomic mass is 35.5. The second-order valence-corrected chi connectivity index (χ2v) is 9.47. The number of aromatic nitrogens is 3. The number of ether oxygens (including phenoxy) is 1. The van der Waals surface area contributed by atoms with E-state index in [2.05, 4.69) is 20.8 Å². The number of carbonyl (C=O) groups excluding carboxylic acids is 2. The number of carbonyl (C=O) groups is 2. The molecule has 3 saturated carbocycles. The SMILES string of the molecule is Cn1cnc2noc(C(=O)NC34CCC(NC(=O)COc5ccc(Cl)c(F)c5)(CC3)C(O)C4)c21. The number of rotatable bonds is 6. The monoisotopic (exact) mass is 491 g/mol. The van der Waals surface area contributed by atoms with Gasteiger partial charge in [0, 0.05) is 18.7 Å². The molecule has 1 unspecified atom stereocenters. The van der Waals surface area contributed by atoms with Crippen LogP contribution in [0.2, 0.25) is 5.02 Å². The molecule has 10 nitrogen and oxygen atoms in total. The molecule has 6 rings (SSSR count). The Bertz CT molecular complexity index is 1270. The van der Waals surface area contributed by atoms with Crippen molar-refractivity contribution in [3.8, 4) is 5.75 Å². The summed E-state index contributed by atoms with van der Waals surface area (Å²) in [5, 5.41) is 20.6. The summed E-state index contributed by atoms with van der Waals surface area (Å²) in [4.78, 5) is 29.6. The van der Waals surface area contributed by atoms with Crippen molar-refractivity contribution in [3.63, 3.8) is 0 Å². The summed E-state index contributed by atoms with van der Waals surface area (Å²) in [6.45, 7) is -0.330. The van der Waals surface area contributed by atoms with Gasteiger partial charge in [0.25, 0.3) is 11.8 Å². The highest BCUT2D eigenvalue weighted by Gasteiger charge is 2.55. The van der Waals surface area contributed by atoms with Crippen LogP contribution in [0.25, 0.3) is 11.2 Å². The molecular weight excluding hydrogens is 469 g/mol. The van der Waals surface area contributed by atoms with Crippen LogP contribution in [0.4, 0.5) is 4.39 Å². The van der Waals surface area contributed by atoms with Gasteiger partial charge in [-0.3, -0.25) is 9.59 Å². The summed E-state index contributed by atoms with van der Waals surface area (Å²) in [7, 11) is 1.75. The predicted molar refractivity (Wildman–Crippen MR) is 118 cm³/mol. The first-order valence-corrected chi connectivity index (χ1v) is 11.2. The van der Waals surface area contributed by atoms with Crippen LogP contribution in [0.5, 0.6) is 5.75 Å². The number of fused-ring (bicyclic) bond motifs is 4. The van der Waals surface area contributed by atoms with E-state index in [-0.39, 0.29) is 29.6 Å². The summed E-state index contributed by atoms with van der Waals surface area (Å²) in [6, 6.07) is 3.92. The van der Waals surface area contributed by atoms with Crippen LogP contribution in [0.1, 0.15) is 42.7 Å². The van der Waals surface area contributed by atoms with Crippen LogP contribution in [0.15, 0.2) is 29.0 Å². The first kappa shape index (κ1) is 22.6. The fourth-order valence-corrected chi connectivity index (χ4v) is 5.13. The average Bonchev–Trinajstić information content (AvgIpc) is 3.39. The number of benzene rings is 1. The zero-order valence-corrected chi connectivity index (χ0v) is 19.1. The largest absolute Gasteiger partial charge is 0.484 e. The van der Waals surface area contributed by atoms with Gasteiger partial charge in [0.15, 0.2) is 6.61 Å². The van der Waals surface area contributed by atoms with Gasteiger partial charge >= 0.3 is 0 Å². The van der Waals surface area contributed by atoms with Crippen LogP contribution < -0.4 is 15.4 Å². The molecule has 3 aromatic rings. The van der Waals surface area contributed by atoms with E-state index < -0.39 is 34.8 Å².